The molecule has 30 heavy (non-hydrogen) atoms. The molecule has 3 aromatic rings. The second kappa shape index (κ2) is 11.3. The van der Waals surface area contributed by atoms with E-state index in [0.29, 0.717) is 30.8 Å². The summed E-state index contributed by atoms with van der Waals surface area (Å²) in [5.74, 6) is 2.52. The third-order valence-electron chi connectivity index (χ3n) is 3.96. The molecule has 3 rings (SSSR count). The van der Waals surface area contributed by atoms with E-state index in [2.05, 4.69) is 6.07 Å². The summed E-state index contributed by atoms with van der Waals surface area (Å²) in [7, 11) is -3.67. The molecule has 0 heterocycles. The van der Waals surface area contributed by atoms with Gasteiger partial charge in [-0.1, -0.05) is 66.4 Å². The van der Waals surface area contributed by atoms with Gasteiger partial charge in [0, 0.05) is 16.2 Å². The first-order chi connectivity index (χ1) is 14.7. The van der Waals surface area contributed by atoms with Crippen LogP contribution in [0.25, 0.3) is 0 Å². The maximum absolute atomic E-state index is 13.8. The summed E-state index contributed by atoms with van der Waals surface area (Å²) in [5, 5.41) is 8.91. The van der Waals surface area contributed by atoms with Gasteiger partial charge in [-0.15, -0.1) is 0 Å². The Kier molecular flexibility index (Phi) is 8.20. The number of nitriles is 1. The average molecular weight is 435 g/mol. The minimum Gasteiger partial charge on any atom is -0.413 e. The fourth-order valence-corrected chi connectivity index (χ4v) is 5.52. The first-order valence-electron chi connectivity index (χ1n) is 9.57. The first-order valence-corrected chi connectivity index (χ1v) is 12.0. The second-order valence-corrected chi connectivity index (χ2v) is 9.27. The molecule has 152 valence electrons. The smallest absolute Gasteiger partial charge is 0.413 e. The summed E-state index contributed by atoms with van der Waals surface area (Å²) in [6, 6.07) is 30.0. The standard InChI is InChI=1S/C24H22NO3PS/c25-19-11-10-18-24(30-23-16-8-3-9-17-23)20-29(26,27-21-12-4-1-5-13-21)28-22-14-6-2-7-15-22/h1-9,12-17,20H,10-11,18H2/b24-20-. The van der Waals surface area contributed by atoms with Crippen LogP contribution in [0, 0.1) is 11.3 Å². The van der Waals surface area contributed by atoms with Gasteiger partial charge in [-0.3, -0.25) is 0 Å². The van der Waals surface area contributed by atoms with Crippen molar-refractivity contribution in [2.75, 3.05) is 0 Å². The Morgan fingerprint density at radius 3 is 1.87 bits per heavy atom. The van der Waals surface area contributed by atoms with Crippen molar-refractivity contribution in [3.63, 3.8) is 0 Å². The number of rotatable bonds is 10. The minimum atomic E-state index is -3.67. The number of benzene rings is 3. The van der Waals surface area contributed by atoms with Gasteiger partial charge in [0.05, 0.1) is 11.9 Å². The highest BCUT2D eigenvalue weighted by Gasteiger charge is 2.27. The van der Waals surface area contributed by atoms with E-state index >= 15 is 0 Å². The Hall–Kier alpha value is -2.93. The van der Waals surface area contributed by atoms with Crippen LogP contribution in [0.15, 0.2) is 107 Å². The van der Waals surface area contributed by atoms with E-state index in [1.165, 1.54) is 11.8 Å². The van der Waals surface area contributed by atoms with Crippen LogP contribution in [0.3, 0.4) is 0 Å². The van der Waals surface area contributed by atoms with Gasteiger partial charge in [0.2, 0.25) is 0 Å². The lowest BCUT2D eigenvalue weighted by molar-refractivity contribution is 0.398. The van der Waals surface area contributed by atoms with Crippen molar-refractivity contribution < 1.29 is 13.6 Å². The molecule has 6 heteroatoms. The van der Waals surface area contributed by atoms with E-state index in [1.54, 1.807) is 30.1 Å². The highest BCUT2D eigenvalue weighted by atomic mass is 32.2. The van der Waals surface area contributed by atoms with Gasteiger partial charge in [0.15, 0.2) is 0 Å². The fraction of sp³-hybridized carbons (Fsp3) is 0.125. The quantitative estimate of drug-likeness (QED) is 0.186. The zero-order valence-corrected chi connectivity index (χ0v) is 18.1. The van der Waals surface area contributed by atoms with Crippen molar-refractivity contribution in [2.24, 2.45) is 0 Å². The molecule has 0 spiro atoms. The van der Waals surface area contributed by atoms with E-state index < -0.39 is 7.60 Å². The van der Waals surface area contributed by atoms with Gasteiger partial charge in [-0.2, -0.15) is 5.26 Å². The lowest BCUT2D eigenvalue weighted by Gasteiger charge is -2.19. The van der Waals surface area contributed by atoms with Gasteiger partial charge in [-0.05, 0) is 49.2 Å². The average Bonchev–Trinajstić information content (AvgIpc) is 2.76. The van der Waals surface area contributed by atoms with E-state index in [4.69, 9.17) is 14.3 Å². The largest absolute Gasteiger partial charge is 0.456 e. The number of hydrogen-bond acceptors (Lipinski definition) is 5. The summed E-state index contributed by atoms with van der Waals surface area (Å²) < 4.78 is 25.5. The van der Waals surface area contributed by atoms with Crippen molar-refractivity contribution in [1.29, 1.82) is 5.26 Å². The third-order valence-corrected chi connectivity index (χ3v) is 6.78. The summed E-state index contributed by atoms with van der Waals surface area (Å²) in [6.07, 6.45) is 1.70. The normalized spacial score (nSPS) is 11.5. The fourth-order valence-electron chi connectivity index (χ4n) is 2.63. The highest BCUT2D eigenvalue weighted by molar-refractivity contribution is 8.03. The maximum Gasteiger partial charge on any atom is 0.456 e. The summed E-state index contributed by atoms with van der Waals surface area (Å²) in [5.41, 5.74) is 0. The number of hydrogen-bond donors (Lipinski definition) is 0. The molecule has 0 radical (unpaired) electrons. The molecule has 4 nitrogen and oxygen atoms in total. The molecular formula is C24H22NO3PS. The van der Waals surface area contributed by atoms with Crippen molar-refractivity contribution in [2.45, 2.75) is 24.2 Å². The molecule has 0 atom stereocenters. The molecule has 0 aliphatic carbocycles. The van der Waals surface area contributed by atoms with Crippen LogP contribution in [0.4, 0.5) is 0 Å². The predicted octanol–water partition coefficient (Wildman–Crippen LogP) is 7.67. The highest BCUT2D eigenvalue weighted by Crippen LogP contribution is 2.52. The van der Waals surface area contributed by atoms with Crippen LogP contribution in [-0.2, 0) is 4.57 Å². The molecule has 0 amide bonds. The summed E-state index contributed by atoms with van der Waals surface area (Å²) >= 11 is 1.51. The number of nitrogens with zero attached hydrogens (tertiary/aromatic N) is 1. The number of allylic oxidation sites excluding steroid dienone is 1. The Morgan fingerprint density at radius 1 is 0.867 bits per heavy atom. The van der Waals surface area contributed by atoms with Crippen LogP contribution in [0.1, 0.15) is 19.3 Å². The van der Waals surface area contributed by atoms with Crippen LogP contribution in [-0.4, -0.2) is 0 Å². The first kappa shape index (κ1) is 21.8. The van der Waals surface area contributed by atoms with Gasteiger partial charge >= 0.3 is 7.60 Å². The zero-order chi connectivity index (χ0) is 21.1. The van der Waals surface area contributed by atoms with Crippen molar-refractivity contribution in [1.82, 2.24) is 0 Å². The lowest BCUT2D eigenvalue weighted by Crippen LogP contribution is -2.00. The Labute approximate surface area is 181 Å². The Bertz CT molecular complexity index is 989. The Morgan fingerprint density at radius 2 is 1.37 bits per heavy atom. The summed E-state index contributed by atoms with van der Waals surface area (Å²) in [6.45, 7) is 0. The number of thioether (sulfide) groups is 1. The second-order valence-electron chi connectivity index (χ2n) is 6.37. The Balaban J connectivity index is 1.93. The van der Waals surface area contributed by atoms with Crippen LogP contribution in [0.2, 0.25) is 0 Å². The molecule has 0 unspecified atom stereocenters. The van der Waals surface area contributed by atoms with Gasteiger partial charge < -0.3 is 9.05 Å². The van der Waals surface area contributed by atoms with E-state index in [-0.39, 0.29) is 0 Å². The molecule has 0 fully saturated rings. The molecule has 0 aliphatic heterocycles. The van der Waals surface area contributed by atoms with Crippen molar-refractivity contribution in [3.05, 3.63) is 102 Å². The number of unbranched alkanes of at least 4 members (excludes halogenated alkanes) is 1. The molecule has 0 aromatic heterocycles. The number of para-hydroxylation sites is 2. The van der Waals surface area contributed by atoms with Crippen LogP contribution in [0.5, 0.6) is 11.5 Å². The van der Waals surface area contributed by atoms with Gasteiger partial charge in [0.1, 0.15) is 11.5 Å². The topological polar surface area (TPSA) is 59.3 Å². The molecule has 3 aromatic carbocycles. The molecule has 0 saturated heterocycles. The van der Waals surface area contributed by atoms with E-state index in [1.807, 2.05) is 66.7 Å². The van der Waals surface area contributed by atoms with Gasteiger partial charge in [0.25, 0.3) is 0 Å². The van der Waals surface area contributed by atoms with Crippen LogP contribution >= 0.6 is 19.4 Å². The lowest BCUT2D eigenvalue weighted by atomic mass is 10.2. The van der Waals surface area contributed by atoms with Crippen molar-refractivity contribution in [3.8, 4) is 17.6 Å². The maximum atomic E-state index is 13.8. The molecule has 0 bridgehead atoms. The molecular weight excluding hydrogens is 413 g/mol. The SMILES string of the molecule is N#CCCC/C(=C/P(=O)(Oc1ccccc1)Oc1ccccc1)Sc1ccccc1. The predicted molar refractivity (Wildman–Crippen MR) is 122 cm³/mol. The van der Waals surface area contributed by atoms with E-state index in [0.717, 1.165) is 9.80 Å². The molecule has 0 aliphatic rings. The van der Waals surface area contributed by atoms with Crippen LogP contribution < -0.4 is 9.05 Å². The summed E-state index contributed by atoms with van der Waals surface area (Å²) in [4.78, 5) is 1.86. The zero-order valence-electron chi connectivity index (χ0n) is 16.4. The minimum absolute atomic E-state index is 0.427. The van der Waals surface area contributed by atoms with E-state index in [9.17, 15) is 4.57 Å². The third kappa shape index (κ3) is 7.15. The molecule has 0 saturated carbocycles. The van der Waals surface area contributed by atoms with Crippen molar-refractivity contribution >= 4 is 19.4 Å². The van der Waals surface area contributed by atoms with Gasteiger partial charge in [-0.25, -0.2) is 4.57 Å². The molecule has 0 N–H and O–H groups in total. The monoisotopic (exact) mass is 435 g/mol.